The first-order valence-electron chi connectivity index (χ1n) is 13.0. The Hall–Kier alpha value is -3.35. The Morgan fingerprint density at radius 2 is 1.65 bits per heavy atom. The number of benzene rings is 2. The summed E-state index contributed by atoms with van der Waals surface area (Å²) in [7, 11) is 1.62. The van der Waals surface area contributed by atoms with E-state index in [2.05, 4.69) is 17.6 Å². The van der Waals surface area contributed by atoms with E-state index >= 15 is 0 Å². The lowest BCUT2D eigenvalue weighted by Crippen LogP contribution is -2.53. The van der Waals surface area contributed by atoms with Crippen molar-refractivity contribution in [2.75, 3.05) is 7.05 Å². The molecule has 0 fully saturated rings. The molecule has 0 aromatic heterocycles. The van der Waals surface area contributed by atoms with Crippen molar-refractivity contribution in [1.29, 1.82) is 0 Å². The highest BCUT2D eigenvalue weighted by molar-refractivity contribution is 5.92. The third-order valence-electron chi connectivity index (χ3n) is 6.09. The first-order valence-corrected chi connectivity index (χ1v) is 13.0. The molecule has 0 saturated heterocycles. The van der Waals surface area contributed by atoms with Crippen molar-refractivity contribution in [3.63, 3.8) is 0 Å². The Morgan fingerprint density at radius 1 is 1.00 bits per heavy atom. The Bertz CT molecular complexity index is 1060. The van der Waals surface area contributed by atoms with Gasteiger partial charge in [-0.3, -0.25) is 9.59 Å². The van der Waals surface area contributed by atoms with Gasteiger partial charge in [-0.2, -0.15) is 0 Å². The molecule has 0 bridgehead atoms. The van der Waals surface area contributed by atoms with Gasteiger partial charge in [0.05, 0.1) is 0 Å². The van der Waals surface area contributed by atoms with E-state index in [-0.39, 0.29) is 24.3 Å². The Balaban J connectivity index is 2.44. The van der Waals surface area contributed by atoms with Crippen LogP contribution in [0.5, 0.6) is 0 Å². The van der Waals surface area contributed by atoms with Gasteiger partial charge in [-0.15, -0.1) is 0 Å². The number of hydrogen-bond donors (Lipinski definition) is 2. The average molecular weight is 510 g/mol. The van der Waals surface area contributed by atoms with Crippen LogP contribution in [-0.2, 0) is 20.7 Å². The van der Waals surface area contributed by atoms with E-state index in [4.69, 9.17) is 4.74 Å². The molecule has 2 aromatic carbocycles. The molecule has 2 rings (SSSR count). The highest BCUT2D eigenvalue weighted by Crippen LogP contribution is 2.26. The van der Waals surface area contributed by atoms with E-state index in [1.165, 1.54) is 4.90 Å². The molecule has 2 aromatic rings. The minimum atomic E-state index is -0.920. The maximum atomic E-state index is 13.9. The number of hydrogen-bond acceptors (Lipinski definition) is 4. The number of carbonyl (C=O) groups excluding carboxylic acids is 3. The van der Waals surface area contributed by atoms with E-state index in [1.54, 1.807) is 27.8 Å². The molecule has 0 spiro atoms. The molecule has 0 saturated carbocycles. The Morgan fingerprint density at radius 3 is 2.22 bits per heavy atom. The third kappa shape index (κ3) is 9.23. The summed E-state index contributed by atoms with van der Waals surface area (Å²) in [6.45, 7) is 13.3. The average Bonchev–Trinajstić information content (AvgIpc) is 2.79. The summed E-state index contributed by atoms with van der Waals surface area (Å²) < 4.78 is 5.44. The van der Waals surface area contributed by atoms with Gasteiger partial charge in [0, 0.05) is 19.5 Å². The quantitative estimate of drug-likeness (QED) is 0.458. The lowest BCUT2D eigenvalue weighted by atomic mass is 9.96. The molecule has 37 heavy (non-hydrogen) atoms. The number of ether oxygens (including phenoxy) is 1. The van der Waals surface area contributed by atoms with Crippen molar-refractivity contribution >= 4 is 17.9 Å². The number of nitrogens with one attached hydrogen (secondary N) is 2. The van der Waals surface area contributed by atoms with Crippen molar-refractivity contribution in [2.45, 2.75) is 91.5 Å². The molecule has 0 aliphatic heterocycles. The number of amides is 3. The number of nitrogens with zero attached hydrogens (tertiary/aromatic N) is 1. The van der Waals surface area contributed by atoms with Gasteiger partial charge >= 0.3 is 6.09 Å². The predicted octanol–water partition coefficient (Wildman–Crippen LogP) is 5.24. The minimum absolute atomic E-state index is 0.0331. The fraction of sp³-hybridized carbons (Fsp3) is 0.500. The van der Waals surface area contributed by atoms with Gasteiger partial charge < -0.3 is 20.3 Å². The van der Waals surface area contributed by atoms with Crippen LogP contribution in [0.15, 0.2) is 48.5 Å². The maximum absolute atomic E-state index is 13.9. The topological polar surface area (TPSA) is 87.7 Å². The van der Waals surface area contributed by atoms with E-state index in [0.717, 1.165) is 35.1 Å². The molecule has 7 heteroatoms. The molecule has 7 nitrogen and oxygen atoms in total. The van der Waals surface area contributed by atoms with Gasteiger partial charge in [-0.1, -0.05) is 67.4 Å². The Labute approximate surface area is 222 Å². The van der Waals surface area contributed by atoms with Crippen molar-refractivity contribution < 1.29 is 19.1 Å². The number of likely N-dealkylation sites (N-methyl/N-ethyl adjacent to an activating group) is 1. The molecule has 0 radical (unpaired) electrons. The molecule has 0 aliphatic carbocycles. The van der Waals surface area contributed by atoms with Crippen LogP contribution in [0.2, 0.25) is 0 Å². The normalized spacial score (nSPS) is 13.7. The summed E-state index contributed by atoms with van der Waals surface area (Å²) >= 11 is 0. The third-order valence-corrected chi connectivity index (χ3v) is 6.09. The predicted molar refractivity (Wildman–Crippen MR) is 147 cm³/mol. The van der Waals surface area contributed by atoms with Gasteiger partial charge in [0.1, 0.15) is 17.7 Å². The van der Waals surface area contributed by atoms with Crippen LogP contribution in [0.4, 0.5) is 4.79 Å². The molecular weight excluding hydrogens is 466 g/mol. The Kier molecular flexibility index (Phi) is 10.7. The van der Waals surface area contributed by atoms with Gasteiger partial charge in [-0.05, 0) is 64.7 Å². The maximum Gasteiger partial charge on any atom is 0.408 e. The zero-order chi connectivity index (χ0) is 27.8. The van der Waals surface area contributed by atoms with E-state index < -0.39 is 23.8 Å². The zero-order valence-corrected chi connectivity index (χ0v) is 23.6. The van der Waals surface area contributed by atoms with Crippen LogP contribution >= 0.6 is 0 Å². The zero-order valence-electron chi connectivity index (χ0n) is 23.6. The van der Waals surface area contributed by atoms with Crippen LogP contribution in [0.3, 0.4) is 0 Å². The first kappa shape index (κ1) is 29.9. The standard InChI is InChI=1S/C30H43N3O4/c1-9-13-22(4)31-27(34)26(24-17-16-20(2)18-21(24)3)33(8)28(35)25(19-23-14-11-10-12-15-23)32-29(36)37-30(5,6)7/h10-12,14-18,22,25-26H,9,13,19H2,1-8H3,(H,31,34)(H,32,36). The number of alkyl carbamates (subject to hydrolysis) is 1. The van der Waals surface area contributed by atoms with E-state index in [0.29, 0.717) is 0 Å². The molecule has 0 heterocycles. The fourth-order valence-corrected chi connectivity index (χ4v) is 4.36. The van der Waals surface area contributed by atoms with Gasteiger partial charge in [0.25, 0.3) is 0 Å². The monoisotopic (exact) mass is 509 g/mol. The lowest BCUT2D eigenvalue weighted by molar-refractivity contribution is -0.141. The summed E-state index contributed by atoms with van der Waals surface area (Å²) in [5.74, 6) is -0.627. The molecule has 3 unspecified atom stereocenters. The van der Waals surface area contributed by atoms with Crippen LogP contribution in [0.25, 0.3) is 0 Å². The summed E-state index contributed by atoms with van der Waals surface area (Å²) in [4.78, 5) is 41.6. The molecule has 3 amide bonds. The second-order valence-electron chi connectivity index (χ2n) is 10.8. The van der Waals surface area contributed by atoms with Crippen LogP contribution in [0.1, 0.15) is 75.8 Å². The van der Waals surface area contributed by atoms with Crippen molar-refractivity contribution in [3.8, 4) is 0 Å². The molecule has 2 N–H and O–H groups in total. The largest absolute Gasteiger partial charge is 0.444 e. The summed E-state index contributed by atoms with van der Waals surface area (Å²) in [6, 6.07) is 13.5. The SMILES string of the molecule is CCCC(C)NC(=O)C(c1ccc(C)cc1C)N(C)C(=O)C(Cc1ccccc1)NC(=O)OC(C)(C)C. The van der Waals surface area contributed by atoms with Gasteiger partial charge in [0.2, 0.25) is 11.8 Å². The number of aryl methyl sites for hydroxylation is 2. The molecule has 202 valence electrons. The second-order valence-corrected chi connectivity index (χ2v) is 10.8. The lowest BCUT2D eigenvalue weighted by Gasteiger charge is -2.33. The van der Waals surface area contributed by atoms with Gasteiger partial charge in [0.15, 0.2) is 0 Å². The second kappa shape index (κ2) is 13.3. The van der Waals surface area contributed by atoms with Crippen LogP contribution < -0.4 is 10.6 Å². The summed E-state index contributed by atoms with van der Waals surface area (Å²) in [6.07, 6.45) is 1.35. The highest BCUT2D eigenvalue weighted by Gasteiger charge is 2.35. The first-order chi connectivity index (χ1) is 17.3. The smallest absolute Gasteiger partial charge is 0.408 e. The van der Waals surface area contributed by atoms with Crippen LogP contribution in [-0.4, -0.2) is 47.5 Å². The summed E-state index contributed by atoms with van der Waals surface area (Å²) in [5.41, 5.74) is 2.91. The highest BCUT2D eigenvalue weighted by atomic mass is 16.6. The van der Waals surface area contributed by atoms with Crippen LogP contribution in [0, 0.1) is 13.8 Å². The fourth-order valence-electron chi connectivity index (χ4n) is 4.36. The van der Waals surface area contributed by atoms with Gasteiger partial charge in [-0.25, -0.2) is 4.79 Å². The molecule has 3 atom stereocenters. The van der Waals surface area contributed by atoms with Crippen molar-refractivity contribution in [2.24, 2.45) is 0 Å². The number of carbonyl (C=O) groups is 3. The summed E-state index contributed by atoms with van der Waals surface area (Å²) in [5, 5.41) is 5.82. The van der Waals surface area contributed by atoms with Crippen molar-refractivity contribution in [3.05, 3.63) is 70.8 Å². The van der Waals surface area contributed by atoms with E-state index in [9.17, 15) is 14.4 Å². The molecular formula is C30H43N3O4. The minimum Gasteiger partial charge on any atom is -0.444 e. The van der Waals surface area contributed by atoms with Crippen molar-refractivity contribution in [1.82, 2.24) is 15.5 Å². The van der Waals surface area contributed by atoms with E-state index in [1.807, 2.05) is 69.3 Å². The molecule has 0 aliphatic rings. The number of rotatable bonds is 10.